The third-order valence-electron chi connectivity index (χ3n) is 0.477. The molecule has 0 aliphatic rings. The van der Waals surface area contributed by atoms with Crippen molar-refractivity contribution in [1.29, 1.82) is 0 Å². The Hall–Kier alpha value is -0.290. The molecule has 0 rings (SSSR count). The maximum Gasteiger partial charge on any atom is 0.422 e. The first-order valence-corrected chi connectivity index (χ1v) is 1.71. The van der Waals surface area contributed by atoms with Gasteiger partial charge in [-0.3, -0.25) is 0 Å². The molecule has 8 heavy (non-hydrogen) atoms. The minimum atomic E-state index is -4.77. The summed E-state index contributed by atoms with van der Waals surface area (Å²) < 4.78 is 33.0. The van der Waals surface area contributed by atoms with Crippen LogP contribution in [0.1, 0.15) is 0 Å². The summed E-state index contributed by atoms with van der Waals surface area (Å²) in [6, 6.07) is 0. The maximum absolute atomic E-state index is 11.0. The Morgan fingerprint density at radius 3 is 1.75 bits per heavy atom. The topological polar surface area (TPSA) is 40.5 Å². The second-order valence-electron chi connectivity index (χ2n) is 1.10. The second-order valence-corrected chi connectivity index (χ2v) is 1.10. The lowest BCUT2D eigenvalue weighted by molar-refractivity contribution is -0.162. The van der Waals surface area contributed by atoms with Crippen molar-refractivity contribution in [1.82, 2.24) is 0 Å². The minimum Gasteiger partial charge on any atom is -0.393 e. The zero-order valence-electron chi connectivity index (χ0n) is 3.74. The zero-order valence-corrected chi connectivity index (χ0v) is 3.74. The van der Waals surface area contributed by atoms with Crippen molar-refractivity contribution in [3.63, 3.8) is 0 Å². The van der Waals surface area contributed by atoms with E-state index in [2.05, 4.69) is 0 Å². The SMILES string of the molecule is OC[C](O)C(F)(F)F. The summed E-state index contributed by atoms with van der Waals surface area (Å²) in [7, 11) is 0. The lowest BCUT2D eigenvalue weighted by atomic mass is 10.4. The molecule has 0 amide bonds. The smallest absolute Gasteiger partial charge is 0.393 e. The van der Waals surface area contributed by atoms with E-state index in [4.69, 9.17) is 10.2 Å². The molecule has 1 radical (unpaired) electrons. The molecular formula is C3H4F3O2. The van der Waals surface area contributed by atoms with E-state index < -0.39 is 18.9 Å². The molecule has 0 aromatic carbocycles. The first-order valence-electron chi connectivity index (χ1n) is 1.71. The van der Waals surface area contributed by atoms with Crippen molar-refractivity contribution in [2.24, 2.45) is 0 Å². The molecule has 0 aromatic heterocycles. The Balaban J connectivity index is 3.62. The highest BCUT2D eigenvalue weighted by atomic mass is 19.4. The van der Waals surface area contributed by atoms with Crippen molar-refractivity contribution in [2.75, 3.05) is 6.61 Å². The Morgan fingerprint density at radius 2 is 1.75 bits per heavy atom. The van der Waals surface area contributed by atoms with Crippen LogP contribution in [0.2, 0.25) is 0 Å². The van der Waals surface area contributed by atoms with Crippen LogP contribution in [0.25, 0.3) is 0 Å². The Bertz CT molecular complexity index is 69.4. The van der Waals surface area contributed by atoms with Crippen LogP contribution >= 0.6 is 0 Å². The van der Waals surface area contributed by atoms with Gasteiger partial charge in [0.25, 0.3) is 0 Å². The highest BCUT2D eigenvalue weighted by molar-refractivity contribution is 4.82. The number of hydrogen-bond donors (Lipinski definition) is 2. The summed E-state index contributed by atoms with van der Waals surface area (Å²) in [6.07, 6.45) is -6.63. The van der Waals surface area contributed by atoms with Gasteiger partial charge in [0, 0.05) is 0 Å². The fourth-order valence-corrected chi connectivity index (χ4v) is 0.0896. The number of rotatable bonds is 1. The van der Waals surface area contributed by atoms with E-state index >= 15 is 0 Å². The molecule has 0 unspecified atom stereocenters. The quantitative estimate of drug-likeness (QED) is 0.539. The van der Waals surface area contributed by atoms with Gasteiger partial charge in [-0.2, -0.15) is 13.2 Å². The molecule has 0 heterocycles. The van der Waals surface area contributed by atoms with Crippen LogP contribution in [0.4, 0.5) is 13.2 Å². The van der Waals surface area contributed by atoms with E-state index in [1.807, 2.05) is 0 Å². The molecule has 2 N–H and O–H groups in total. The van der Waals surface area contributed by atoms with E-state index in [9.17, 15) is 13.2 Å². The van der Waals surface area contributed by atoms with Crippen LogP contribution in [-0.4, -0.2) is 23.0 Å². The highest BCUT2D eigenvalue weighted by Gasteiger charge is 2.38. The van der Waals surface area contributed by atoms with Crippen LogP contribution in [0.15, 0.2) is 0 Å². The monoisotopic (exact) mass is 129 g/mol. The van der Waals surface area contributed by atoms with Crippen LogP contribution < -0.4 is 0 Å². The summed E-state index contributed by atoms with van der Waals surface area (Å²) >= 11 is 0. The fourth-order valence-electron chi connectivity index (χ4n) is 0.0896. The van der Waals surface area contributed by atoms with Crippen molar-refractivity contribution in [3.05, 3.63) is 6.10 Å². The fraction of sp³-hybridized carbons (Fsp3) is 0.667. The molecular weight excluding hydrogens is 125 g/mol. The number of alkyl halides is 3. The molecule has 0 aromatic rings. The van der Waals surface area contributed by atoms with E-state index in [1.54, 1.807) is 0 Å². The zero-order chi connectivity index (χ0) is 6.78. The standard InChI is InChI=1S/C3H4F3O2/c4-3(5,6)2(8)1-7/h7-8H,1H2. The van der Waals surface area contributed by atoms with Crippen molar-refractivity contribution in [3.8, 4) is 0 Å². The lowest BCUT2D eigenvalue weighted by Gasteiger charge is -2.08. The van der Waals surface area contributed by atoms with Crippen molar-refractivity contribution < 1.29 is 23.4 Å². The first kappa shape index (κ1) is 7.71. The normalized spacial score (nSPS) is 12.8. The Labute approximate surface area is 43.6 Å². The molecule has 0 atom stereocenters. The largest absolute Gasteiger partial charge is 0.422 e. The van der Waals surface area contributed by atoms with Crippen molar-refractivity contribution in [2.45, 2.75) is 6.18 Å². The van der Waals surface area contributed by atoms with Gasteiger partial charge in [-0.1, -0.05) is 0 Å². The van der Waals surface area contributed by atoms with Crippen LogP contribution in [-0.2, 0) is 0 Å². The lowest BCUT2D eigenvalue weighted by Crippen LogP contribution is -2.22. The molecule has 49 valence electrons. The van der Waals surface area contributed by atoms with Crippen LogP contribution in [0, 0.1) is 6.10 Å². The van der Waals surface area contributed by atoms with Gasteiger partial charge in [-0.15, -0.1) is 0 Å². The van der Waals surface area contributed by atoms with Crippen LogP contribution in [0.3, 0.4) is 0 Å². The van der Waals surface area contributed by atoms with Crippen LogP contribution in [0.5, 0.6) is 0 Å². The van der Waals surface area contributed by atoms with E-state index in [-0.39, 0.29) is 0 Å². The van der Waals surface area contributed by atoms with E-state index in [1.165, 1.54) is 0 Å². The number of hydrogen-bond acceptors (Lipinski definition) is 2. The minimum absolute atomic E-state index is 1.36. The average molecular weight is 129 g/mol. The maximum atomic E-state index is 11.0. The molecule has 0 bridgehead atoms. The van der Waals surface area contributed by atoms with Gasteiger partial charge in [0.1, 0.15) is 0 Å². The number of halogens is 3. The van der Waals surface area contributed by atoms with E-state index in [0.29, 0.717) is 0 Å². The van der Waals surface area contributed by atoms with Gasteiger partial charge in [-0.25, -0.2) is 0 Å². The predicted octanol–water partition coefficient (Wildman–Crippen LogP) is 0.445. The van der Waals surface area contributed by atoms with Gasteiger partial charge >= 0.3 is 6.18 Å². The second kappa shape index (κ2) is 2.32. The molecule has 0 fully saturated rings. The summed E-state index contributed by atoms with van der Waals surface area (Å²) in [5, 5.41) is 15.4. The molecule has 0 saturated carbocycles. The predicted molar refractivity (Wildman–Crippen MR) is 18.3 cm³/mol. The summed E-state index contributed by atoms with van der Waals surface area (Å²) in [5.74, 6) is 0. The third kappa shape index (κ3) is 2.13. The molecule has 0 spiro atoms. The molecule has 2 nitrogen and oxygen atoms in total. The summed E-state index contributed by atoms with van der Waals surface area (Å²) in [5.41, 5.74) is 0. The number of aliphatic hydroxyl groups excluding tert-OH is 2. The number of aliphatic hydroxyl groups is 2. The third-order valence-corrected chi connectivity index (χ3v) is 0.477. The Morgan fingerprint density at radius 1 is 1.38 bits per heavy atom. The molecule has 5 heteroatoms. The average Bonchev–Trinajstić information content (AvgIpc) is 1.62. The molecule has 0 aliphatic carbocycles. The summed E-state index contributed by atoms with van der Waals surface area (Å²) in [6.45, 7) is -1.36. The molecule has 0 saturated heterocycles. The molecule has 0 aliphatic heterocycles. The van der Waals surface area contributed by atoms with E-state index in [0.717, 1.165) is 0 Å². The van der Waals surface area contributed by atoms with Crippen molar-refractivity contribution >= 4 is 0 Å². The first-order chi connectivity index (χ1) is 3.48. The van der Waals surface area contributed by atoms with Gasteiger partial charge in [0.05, 0.1) is 6.61 Å². The highest BCUT2D eigenvalue weighted by Crippen LogP contribution is 2.24. The Kier molecular flexibility index (Phi) is 2.24. The van der Waals surface area contributed by atoms with Gasteiger partial charge < -0.3 is 10.2 Å². The van der Waals surface area contributed by atoms with Gasteiger partial charge in [-0.05, 0) is 0 Å². The van der Waals surface area contributed by atoms with Gasteiger partial charge in [0.15, 0.2) is 0 Å². The van der Waals surface area contributed by atoms with Gasteiger partial charge in [0.2, 0.25) is 6.10 Å². The summed E-state index contributed by atoms with van der Waals surface area (Å²) in [4.78, 5) is 0.